The average Bonchev–Trinajstić information content (AvgIpc) is 2.63. The van der Waals surface area contributed by atoms with Crippen LogP contribution in [0.25, 0.3) is 0 Å². The minimum Gasteiger partial charge on any atom is -0.427 e. The van der Waals surface area contributed by atoms with Crippen molar-refractivity contribution < 1.29 is 28.5 Å². The van der Waals surface area contributed by atoms with Crippen LogP contribution < -0.4 is 10.6 Å². The van der Waals surface area contributed by atoms with E-state index in [9.17, 15) is 9.59 Å². The summed E-state index contributed by atoms with van der Waals surface area (Å²) in [7, 11) is 0. The number of piperidine rings is 2. The third kappa shape index (κ3) is 2.71. The molecule has 8 heteroatoms. The maximum absolute atomic E-state index is 12.1. The fourth-order valence-corrected chi connectivity index (χ4v) is 3.99. The van der Waals surface area contributed by atoms with Gasteiger partial charge in [-0.05, 0) is 51.9 Å². The van der Waals surface area contributed by atoms with E-state index in [2.05, 4.69) is 10.6 Å². The van der Waals surface area contributed by atoms with Gasteiger partial charge in [-0.2, -0.15) is 0 Å². The Hall–Kier alpha value is -1.22. The molecular weight excluding hydrogens is 316 g/mol. The van der Waals surface area contributed by atoms with Crippen LogP contribution in [0.5, 0.6) is 0 Å². The highest BCUT2D eigenvalue weighted by Crippen LogP contribution is 2.44. The topological polar surface area (TPSA) is 95.1 Å². The Labute approximate surface area is 140 Å². The summed E-state index contributed by atoms with van der Waals surface area (Å²) in [6.07, 6.45) is 2.22. The summed E-state index contributed by atoms with van der Waals surface area (Å²) in [5.41, 5.74) is -0.297. The molecule has 4 heterocycles. The first-order valence-corrected chi connectivity index (χ1v) is 8.70. The second-order valence-electron chi connectivity index (χ2n) is 7.32. The zero-order chi connectivity index (χ0) is 16.6. The molecule has 0 radical (unpaired) electrons. The molecule has 0 saturated carbocycles. The van der Waals surface area contributed by atoms with Crippen LogP contribution in [-0.4, -0.2) is 63.9 Å². The molecule has 134 valence electrons. The SMILES string of the molecule is O=C(OC1OCC12CCNCC2)C(=O)OC1OCC12CCNCC2. The van der Waals surface area contributed by atoms with E-state index in [1.54, 1.807) is 0 Å². The first-order chi connectivity index (χ1) is 11.6. The third-order valence-electron chi connectivity index (χ3n) is 5.84. The third-order valence-corrected chi connectivity index (χ3v) is 5.84. The molecular formula is C16H24N2O6. The molecule has 2 unspecified atom stereocenters. The molecule has 4 saturated heterocycles. The number of rotatable bonds is 2. The summed E-state index contributed by atoms with van der Waals surface area (Å²) in [5.74, 6) is -1.98. The number of carbonyl (C=O) groups is 2. The number of hydrogen-bond acceptors (Lipinski definition) is 8. The number of ether oxygens (including phenoxy) is 4. The highest BCUT2D eigenvalue weighted by atomic mass is 16.8. The molecule has 2 atom stereocenters. The summed E-state index contributed by atoms with van der Waals surface area (Å²) in [6, 6.07) is 0. The minimum atomic E-state index is -0.989. The highest BCUT2D eigenvalue weighted by Gasteiger charge is 2.54. The smallest absolute Gasteiger partial charge is 0.419 e. The quantitative estimate of drug-likeness (QED) is 0.514. The van der Waals surface area contributed by atoms with Crippen LogP contribution in [0.2, 0.25) is 0 Å². The molecule has 0 bridgehead atoms. The number of carbonyl (C=O) groups excluding carboxylic acids is 2. The van der Waals surface area contributed by atoms with Crippen LogP contribution in [0.15, 0.2) is 0 Å². The number of nitrogens with one attached hydrogen (secondary N) is 2. The Morgan fingerprint density at radius 3 is 1.42 bits per heavy atom. The van der Waals surface area contributed by atoms with E-state index < -0.39 is 24.5 Å². The molecule has 0 amide bonds. The molecule has 0 aromatic heterocycles. The summed E-state index contributed by atoms with van der Waals surface area (Å²) in [5, 5.41) is 6.54. The molecule has 2 N–H and O–H groups in total. The van der Waals surface area contributed by atoms with Gasteiger partial charge in [-0.15, -0.1) is 0 Å². The van der Waals surface area contributed by atoms with Crippen LogP contribution in [0.4, 0.5) is 0 Å². The second-order valence-corrected chi connectivity index (χ2v) is 7.32. The van der Waals surface area contributed by atoms with Crippen molar-refractivity contribution in [2.75, 3.05) is 39.4 Å². The molecule has 8 nitrogen and oxygen atoms in total. The van der Waals surface area contributed by atoms with Crippen molar-refractivity contribution in [2.24, 2.45) is 10.8 Å². The van der Waals surface area contributed by atoms with Crippen LogP contribution in [0.1, 0.15) is 25.7 Å². The normalized spacial score (nSPS) is 33.3. The molecule has 24 heavy (non-hydrogen) atoms. The predicted molar refractivity (Wildman–Crippen MR) is 80.7 cm³/mol. The van der Waals surface area contributed by atoms with Gasteiger partial charge in [-0.25, -0.2) is 9.59 Å². The van der Waals surface area contributed by atoms with Gasteiger partial charge in [0.2, 0.25) is 12.6 Å². The summed E-state index contributed by atoms with van der Waals surface area (Å²) in [6.45, 7) is 4.62. The molecule has 4 fully saturated rings. The summed E-state index contributed by atoms with van der Waals surface area (Å²) < 4.78 is 21.3. The molecule has 0 aromatic carbocycles. The van der Waals surface area contributed by atoms with E-state index in [-0.39, 0.29) is 10.8 Å². The lowest BCUT2D eigenvalue weighted by Gasteiger charge is -2.50. The lowest BCUT2D eigenvalue weighted by atomic mass is 9.75. The largest absolute Gasteiger partial charge is 0.427 e. The fraction of sp³-hybridized carbons (Fsp3) is 0.875. The van der Waals surface area contributed by atoms with Crippen LogP contribution in [0, 0.1) is 10.8 Å². The van der Waals surface area contributed by atoms with Gasteiger partial charge < -0.3 is 29.6 Å². The monoisotopic (exact) mass is 340 g/mol. The summed E-state index contributed by atoms with van der Waals surface area (Å²) >= 11 is 0. The van der Waals surface area contributed by atoms with Gasteiger partial charge in [0.15, 0.2) is 0 Å². The molecule has 4 aliphatic rings. The first kappa shape index (κ1) is 16.3. The molecule has 2 spiro atoms. The van der Waals surface area contributed by atoms with Crippen LogP contribution in [0.3, 0.4) is 0 Å². The van der Waals surface area contributed by atoms with Crippen LogP contribution in [-0.2, 0) is 28.5 Å². The molecule has 4 rings (SSSR count). The van der Waals surface area contributed by atoms with Gasteiger partial charge in [-0.3, -0.25) is 0 Å². The van der Waals surface area contributed by atoms with Gasteiger partial charge in [0.05, 0.1) is 24.0 Å². The van der Waals surface area contributed by atoms with Crippen molar-refractivity contribution in [3.8, 4) is 0 Å². The van der Waals surface area contributed by atoms with E-state index in [4.69, 9.17) is 18.9 Å². The Kier molecular flexibility index (Phi) is 4.24. The van der Waals surface area contributed by atoms with Crippen molar-refractivity contribution in [1.82, 2.24) is 10.6 Å². The van der Waals surface area contributed by atoms with Crippen molar-refractivity contribution in [3.05, 3.63) is 0 Å². The van der Waals surface area contributed by atoms with E-state index in [1.807, 2.05) is 0 Å². The standard InChI is InChI=1S/C16H24N2O6/c19-11(23-13-15(9-21-13)1-5-17-6-2-15)12(20)24-14-16(10-22-14)3-7-18-8-4-16/h13-14,17-18H,1-10H2. The Morgan fingerprint density at radius 2 is 1.12 bits per heavy atom. The van der Waals surface area contributed by atoms with Gasteiger partial charge in [0, 0.05) is 0 Å². The van der Waals surface area contributed by atoms with Crippen molar-refractivity contribution in [1.29, 1.82) is 0 Å². The highest BCUT2D eigenvalue weighted by molar-refractivity contribution is 6.29. The Balaban J connectivity index is 1.29. The molecule has 0 aliphatic carbocycles. The second kappa shape index (κ2) is 6.25. The van der Waals surface area contributed by atoms with E-state index in [0.29, 0.717) is 13.2 Å². The maximum atomic E-state index is 12.1. The Morgan fingerprint density at radius 1 is 0.750 bits per heavy atom. The predicted octanol–water partition coefficient (Wildman–Crippen LogP) is -0.475. The van der Waals surface area contributed by atoms with Gasteiger partial charge >= 0.3 is 11.9 Å². The average molecular weight is 340 g/mol. The van der Waals surface area contributed by atoms with Crippen LogP contribution >= 0.6 is 0 Å². The van der Waals surface area contributed by atoms with E-state index in [0.717, 1.165) is 51.9 Å². The lowest BCUT2D eigenvalue weighted by Crippen LogP contribution is -2.60. The zero-order valence-electron chi connectivity index (χ0n) is 13.7. The molecule has 0 aromatic rings. The number of hydrogen-bond donors (Lipinski definition) is 2. The van der Waals surface area contributed by atoms with Gasteiger partial charge in [-0.1, -0.05) is 0 Å². The zero-order valence-corrected chi connectivity index (χ0v) is 13.7. The lowest BCUT2D eigenvalue weighted by molar-refractivity contribution is -0.314. The van der Waals surface area contributed by atoms with E-state index in [1.165, 1.54) is 0 Å². The maximum Gasteiger partial charge on any atom is 0.419 e. The van der Waals surface area contributed by atoms with Crippen molar-refractivity contribution in [2.45, 2.75) is 38.3 Å². The minimum absolute atomic E-state index is 0.148. The van der Waals surface area contributed by atoms with Gasteiger partial charge in [0.25, 0.3) is 0 Å². The fourth-order valence-electron chi connectivity index (χ4n) is 3.99. The van der Waals surface area contributed by atoms with Crippen molar-refractivity contribution >= 4 is 11.9 Å². The number of esters is 2. The summed E-state index contributed by atoms with van der Waals surface area (Å²) in [4.78, 5) is 24.1. The van der Waals surface area contributed by atoms with Gasteiger partial charge in [0.1, 0.15) is 0 Å². The first-order valence-electron chi connectivity index (χ1n) is 8.70. The Bertz CT molecular complexity index is 467. The van der Waals surface area contributed by atoms with Crippen molar-refractivity contribution in [3.63, 3.8) is 0 Å². The van der Waals surface area contributed by atoms with E-state index >= 15 is 0 Å². The molecule has 4 aliphatic heterocycles.